The van der Waals surface area contributed by atoms with Crippen LogP contribution in [0.3, 0.4) is 0 Å². The van der Waals surface area contributed by atoms with Crippen LogP contribution in [0.15, 0.2) is 140 Å². The van der Waals surface area contributed by atoms with Gasteiger partial charge in [-0.15, -0.1) is 23.5 Å². The molecule has 5 aliphatic rings. The van der Waals surface area contributed by atoms with Gasteiger partial charge >= 0.3 is 5.51 Å². The molecule has 4 amide bonds. The molecule has 1 aliphatic carbocycles. The number of allylic oxidation sites excluding steroid dienone is 1. The monoisotopic (exact) mass is 1330 g/mol. The molecular formula is C66H78ClF3N8O8S4. The highest BCUT2D eigenvalue weighted by Gasteiger charge is 2.49. The number of hydrogen-bond donors (Lipinski definition) is 3. The number of nitrogens with one attached hydrogen (secondary N) is 3. The van der Waals surface area contributed by atoms with E-state index in [0.29, 0.717) is 48.3 Å². The second kappa shape index (κ2) is 29.4. The molecule has 90 heavy (non-hydrogen) atoms. The van der Waals surface area contributed by atoms with Crippen LogP contribution in [0.2, 0.25) is 5.02 Å². The predicted molar refractivity (Wildman–Crippen MR) is 349 cm³/mol. The van der Waals surface area contributed by atoms with E-state index in [1.807, 2.05) is 59.3 Å². The first-order valence-electron chi connectivity index (χ1n) is 30.9. The van der Waals surface area contributed by atoms with Crippen molar-refractivity contribution in [3.8, 4) is 0 Å². The lowest BCUT2D eigenvalue weighted by Crippen LogP contribution is -2.52. The topological polar surface area (TPSA) is 189 Å². The number of piperidine rings is 1. The highest BCUT2D eigenvalue weighted by Crippen LogP contribution is 2.44. The average Bonchev–Trinajstić information content (AvgIpc) is 1.38. The summed E-state index contributed by atoms with van der Waals surface area (Å²) in [6.45, 7) is 13.6. The van der Waals surface area contributed by atoms with Gasteiger partial charge in [0, 0.05) is 122 Å². The fourth-order valence-corrected chi connectivity index (χ4v) is 16.8. The van der Waals surface area contributed by atoms with Crippen molar-refractivity contribution in [3.63, 3.8) is 0 Å². The SMILES string of the molecule is CC1(C)CCC(c2ccc(Cl)cc2)=C(CN2CCN(c3ccc(C(=O)NS(=O)(=O)c4ccc(N[C@H](CCN5CCN(CCCCCCSc6cccc7c6CN(C6CCC(=O)NC6=O)C7=O)CC5)CSc5ccccc5)c(S(=O)(=O)C(F)(F)F)c4)cc3)CC2)C1. The van der Waals surface area contributed by atoms with E-state index >= 15 is 0 Å². The Balaban J connectivity index is 0.705. The number of carbonyl (C=O) groups is 4. The number of anilines is 2. The molecule has 10 rings (SSSR count). The minimum Gasteiger partial charge on any atom is -0.380 e. The van der Waals surface area contributed by atoms with Crippen LogP contribution in [-0.4, -0.2) is 161 Å². The number of benzene rings is 5. The maximum absolute atomic E-state index is 14.5. The van der Waals surface area contributed by atoms with E-state index in [1.54, 1.807) is 34.9 Å². The van der Waals surface area contributed by atoms with Crippen LogP contribution in [0.25, 0.3) is 5.57 Å². The summed E-state index contributed by atoms with van der Waals surface area (Å²) in [5.74, 6) is -0.722. The largest absolute Gasteiger partial charge is 0.501 e. The van der Waals surface area contributed by atoms with Gasteiger partial charge in [-0.25, -0.2) is 21.6 Å². The molecule has 0 radical (unpaired) electrons. The molecule has 5 aromatic carbocycles. The summed E-state index contributed by atoms with van der Waals surface area (Å²) < 4.78 is 99.9. The number of carbonyl (C=O) groups excluding carboxylic acids is 4. The standard InChI is InChI=1S/C66H78ClF3N8O8S4/c1-65(2)29-27-54(46-15-19-49(67)20-16-46)48(42-65)43-76-36-38-77(39-37-76)51-21-17-47(18-22-51)62(80)73-90(85,86)53-23-24-57(60(41-53)89(83,84)66(68,69)70)71-50(45-88-52-11-6-5-7-12-52)28-31-75-34-32-74(33-35-75)30-8-3-4-9-40-87-59-14-10-13-55-56(59)44-78(64(55)82)58-25-26-61(79)72-63(58)81/h5-7,10-24,41,50,58,71H,3-4,8-9,25-40,42-45H2,1-2H3,(H,73,80)(H,72,79,81)/t50-,58?/m1/s1. The third-order valence-electron chi connectivity index (χ3n) is 17.7. The van der Waals surface area contributed by atoms with E-state index in [2.05, 4.69) is 56.2 Å². The molecule has 5 aromatic rings. The fraction of sp³-hybridized carbons (Fsp3) is 0.455. The Bertz CT molecular complexity index is 3660. The van der Waals surface area contributed by atoms with Gasteiger partial charge in [0.2, 0.25) is 11.8 Å². The van der Waals surface area contributed by atoms with E-state index in [9.17, 15) is 49.2 Å². The van der Waals surface area contributed by atoms with E-state index in [4.69, 9.17) is 11.6 Å². The van der Waals surface area contributed by atoms with Crippen LogP contribution >= 0.6 is 35.1 Å². The maximum Gasteiger partial charge on any atom is 0.501 e. The Hall–Kier alpha value is -5.92. The van der Waals surface area contributed by atoms with Gasteiger partial charge in [0.05, 0.1) is 10.6 Å². The molecule has 3 fully saturated rings. The number of sulfonamides is 1. The van der Waals surface area contributed by atoms with Gasteiger partial charge in [0.1, 0.15) is 10.9 Å². The van der Waals surface area contributed by atoms with Crippen molar-refractivity contribution in [1.29, 1.82) is 0 Å². The number of alkyl halides is 3. The van der Waals surface area contributed by atoms with Gasteiger partial charge in [0.25, 0.3) is 31.7 Å². The number of imide groups is 1. The number of rotatable bonds is 25. The summed E-state index contributed by atoms with van der Waals surface area (Å²) in [6, 6.07) is 30.9. The lowest BCUT2D eigenvalue weighted by atomic mass is 9.73. The zero-order chi connectivity index (χ0) is 63.8. The second-order valence-corrected chi connectivity index (χ2v) is 30.9. The number of fused-ring (bicyclic) bond motifs is 1. The van der Waals surface area contributed by atoms with E-state index in [-0.39, 0.29) is 29.2 Å². The highest BCUT2D eigenvalue weighted by atomic mass is 35.5. The van der Waals surface area contributed by atoms with Crippen molar-refractivity contribution in [2.24, 2.45) is 5.41 Å². The van der Waals surface area contributed by atoms with Crippen molar-refractivity contribution in [1.82, 2.24) is 29.6 Å². The molecule has 1 unspecified atom stereocenters. The van der Waals surface area contributed by atoms with Gasteiger partial charge in [0.15, 0.2) is 0 Å². The van der Waals surface area contributed by atoms with E-state index in [0.717, 1.165) is 149 Å². The Labute approximate surface area is 540 Å². The summed E-state index contributed by atoms with van der Waals surface area (Å²) in [7, 11) is -11.0. The van der Waals surface area contributed by atoms with Crippen molar-refractivity contribution < 1.29 is 49.2 Å². The Morgan fingerprint density at radius 1 is 0.767 bits per heavy atom. The number of piperazine rings is 2. The molecule has 24 heteroatoms. The average molecular weight is 1330 g/mol. The first kappa shape index (κ1) is 67.0. The van der Waals surface area contributed by atoms with Gasteiger partial charge in [-0.2, -0.15) is 13.2 Å². The zero-order valence-corrected chi connectivity index (χ0v) is 54.8. The Morgan fingerprint density at radius 2 is 1.46 bits per heavy atom. The van der Waals surface area contributed by atoms with Crippen LogP contribution in [0.5, 0.6) is 0 Å². The van der Waals surface area contributed by atoms with Crippen molar-refractivity contribution in [3.05, 3.63) is 148 Å². The van der Waals surface area contributed by atoms with E-state index in [1.165, 1.54) is 40.6 Å². The van der Waals surface area contributed by atoms with Crippen LogP contribution in [0.4, 0.5) is 24.5 Å². The molecule has 4 heterocycles. The minimum atomic E-state index is -6.12. The molecule has 0 aromatic heterocycles. The minimum absolute atomic E-state index is 0.0134. The summed E-state index contributed by atoms with van der Waals surface area (Å²) in [5.41, 5.74) is 0.420. The number of amides is 4. The Morgan fingerprint density at radius 3 is 2.16 bits per heavy atom. The molecule has 3 N–H and O–H groups in total. The van der Waals surface area contributed by atoms with Gasteiger partial charge in [-0.1, -0.05) is 80.3 Å². The van der Waals surface area contributed by atoms with Crippen LogP contribution in [0.1, 0.15) is 110 Å². The number of sulfone groups is 1. The summed E-state index contributed by atoms with van der Waals surface area (Å²) >= 11 is 9.39. The number of hydrogen-bond acceptors (Lipinski definition) is 15. The molecule has 0 bridgehead atoms. The third kappa shape index (κ3) is 16.8. The normalized spacial score (nSPS) is 19.2. The fourth-order valence-electron chi connectivity index (χ4n) is 12.6. The molecule has 4 aliphatic heterocycles. The first-order chi connectivity index (χ1) is 43.0. The second-order valence-electron chi connectivity index (χ2n) is 24.7. The molecule has 0 spiro atoms. The van der Waals surface area contributed by atoms with Gasteiger partial charge in [-0.3, -0.25) is 29.4 Å². The number of nitrogens with zero attached hydrogens (tertiary/aromatic N) is 5. The molecule has 16 nitrogen and oxygen atoms in total. The van der Waals surface area contributed by atoms with Crippen molar-refractivity contribution >= 4 is 95.6 Å². The molecule has 482 valence electrons. The molecule has 2 atom stereocenters. The van der Waals surface area contributed by atoms with Crippen molar-refractivity contribution in [2.75, 3.05) is 93.7 Å². The molecule has 3 saturated heterocycles. The highest BCUT2D eigenvalue weighted by molar-refractivity contribution is 7.99. The Kier molecular flexibility index (Phi) is 21.8. The number of unbranched alkanes of at least 4 members (excludes halogenated alkanes) is 3. The third-order valence-corrected chi connectivity index (χ3v) is 23.2. The molecule has 0 saturated carbocycles. The van der Waals surface area contributed by atoms with Crippen LogP contribution < -0.4 is 20.3 Å². The van der Waals surface area contributed by atoms with Crippen molar-refractivity contribution in [2.45, 2.75) is 122 Å². The number of halogens is 4. The summed E-state index contributed by atoms with van der Waals surface area (Å²) in [5, 5.41) is 6.14. The maximum atomic E-state index is 14.5. The zero-order valence-electron chi connectivity index (χ0n) is 50.7. The van der Waals surface area contributed by atoms with Crippen LogP contribution in [0, 0.1) is 5.41 Å². The summed E-state index contributed by atoms with van der Waals surface area (Å²) in [4.78, 5) is 61.8. The van der Waals surface area contributed by atoms with Crippen LogP contribution in [-0.2, 0) is 36.0 Å². The quantitative estimate of drug-likeness (QED) is 0.0284. The molecular weight excluding hydrogens is 1250 g/mol. The van der Waals surface area contributed by atoms with Gasteiger partial charge < -0.3 is 24.9 Å². The van der Waals surface area contributed by atoms with Gasteiger partial charge in [-0.05, 0) is 158 Å². The smallest absolute Gasteiger partial charge is 0.380 e. The predicted octanol–water partition coefficient (Wildman–Crippen LogP) is 11.2. The first-order valence-corrected chi connectivity index (χ1v) is 36.2. The van der Waals surface area contributed by atoms with E-state index < -0.39 is 64.7 Å². The lowest BCUT2D eigenvalue weighted by Gasteiger charge is -2.39. The number of thioether (sulfide) groups is 2. The summed E-state index contributed by atoms with van der Waals surface area (Å²) in [6.07, 6.45) is 8.20. The lowest BCUT2D eigenvalue weighted by molar-refractivity contribution is -0.136.